The normalized spacial score (nSPS) is 16.2. The first-order valence-corrected chi connectivity index (χ1v) is 11.8. The highest BCUT2D eigenvalue weighted by Crippen LogP contribution is 2.38. The number of fused-ring (bicyclic) bond motifs is 1. The van der Waals surface area contributed by atoms with E-state index in [0.29, 0.717) is 28.4 Å². The van der Waals surface area contributed by atoms with Gasteiger partial charge in [0.2, 0.25) is 0 Å². The van der Waals surface area contributed by atoms with Crippen molar-refractivity contribution in [3.63, 3.8) is 0 Å². The summed E-state index contributed by atoms with van der Waals surface area (Å²) in [6.45, 7) is 1.60. The van der Waals surface area contributed by atoms with Gasteiger partial charge >= 0.3 is 0 Å². The number of rotatable bonds is 8. The first-order valence-electron chi connectivity index (χ1n) is 11.0. The number of oxime groups is 1. The van der Waals surface area contributed by atoms with Crippen LogP contribution in [0.5, 0.6) is 5.75 Å². The van der Waals surface area contributed by atoms with Crippen molar-refractivity contribution in [2.75, 3.05) is 26.7 Å². The Morgan fingerprint density at radius 1 is 1.44 bits per heavy atom. The van der Waals surface area contributed by atoms with Crippen LogP contribution in [0.15, 0.2) is 39.6 Å². The van der Waals surface area contributed by atoms with E-state index in [-0.39, 0.29) is 23.8 Å². The summed E-state index contributed by atoms with van der Waals surface area (Å²) in [6.07, 6.45) is 4.83. The fourth-order valence-corrected chi connectivity index (χ4v) is 5.08. The van der Waals surface area contributed by atoms with Crippen LogP contribution in [0.25, 0.3) is 21.3 Å². The third kappa shape index (κ3) is 5.11. The molecule has 0 radical (unpaired) electrons. The predicted molar refractivity (Wildman–Crippen MR) is 131 cm³/mol. The summed E-state index contributed by atoms with van der Waals surface area (Å²) >= 11 is 1.28. The second kappa shape index (κ2) is 10.5. The summed E-state index contributed by atoms with van der Waals surface area (Å²) in [7, 11) is 2.11. The highest BCUT2D eigenvalue weighted by atomic mass is 32.1. The van der Waals surface area contributed by atoms with Crippen LogP contribution >= 0.6 is 11.3 Å². The zero-order valence-electron chi connectivity index (χ0n) is 18.7. The quantitative estimate of drug-likeness (QED) is 0.336. The van der Waals surface area contributed by atoms with Crippen LogP contribution in [0, 0.1) is 11.3 Å². The number of carbonyl (C=O) groups excluding carboxylic acids is 1. The van der Waals surface area contributed by atoms with Crippen LogP contribution in [0.2, 0.25) is 0 Å². The number of thiophene rings is 1. The summed E-state index contributed by atoms with van der Waals surface area (Å²) in [5.41, 5.74) is 1.38. The molecule has 1 saturated heterocycles. The van der Waals surface area contributed by atoms with E-state index in [2.05, 4.69) is 27.4 Å². The van der Waals surface area contributed by atoms with Gasteiger partial charge in [-0.25, -0.2) is 0 Å². The van der Waals surface area contributed by atoms with E-state index in [0.717, 1.165) is 24.1 Å². The fraction of sp³-hybridized carbons (Fsp3) is 0.333. The summed E-state index contributed by atoms with van der Waals surface area (Å²) in [6, 6.07) is 9.59. The van der Waals surface area contributed by atoms with Crippen molar-refractivity contribution in [1.29, 1.82) is 5.26 Å². The maximum atomic E-state index is 11.9. The molecule has 1 atom stereocenters. The molecule has 0 bridgehead atoms. The molecule has 1 aliphatic rings. The lowest BCUT2D eigenvalue weighted by Crippen LogP contribution is -2.33. The van der Waals surface area contributed by atoms with Crippen LogP contribution in [-0.2, 0) is 9.63 Å². The molecular formula is C24H25N5O4S. The van der Waals surface area contributed by atoms with Crippen LogP contribution in [0.1, 0.15) is 30.4 Å². The molecule has 1 unspecified atom stereocenters. The van der Waals surface area contributed by atoms with Gasteiger partial charge in [-0.15, -0.1) is 11.3 Å². The number of aromatic nitrogens is 1. The molecule has 4 rings (SSSR count). The molecule has 3 heterocycles. The van der Waals surface area contributed by atoms with Crippen molar-refractivity contribution < 1.29 is 14.7 Å². The molecule has 0 aliphatic carbocycles. The van der Waals surface area contributed by atoms with Gasteiger partial charge in [-0.2, -0.15) is 5.26 Å². The zero-order chi connectivity index (χ0) is 24.1. The van der Waals surface area contributed by atoms with Crippen molar-refractivity contribution in [1.82, 2.24) is 15.2 Å². The Bertz CT molecular complexity index is 1310. The molecule has 3 N–H and O–H groups in total. The number of nitrogens with zero attached hydrogens (tertiary/aromatic N) is 3. The Morgan fingerprint density at radius 3 is 2.94 bits per heavy atom. The second-order valence-corrected chi connectivity index (χ2v) is 9.07. The van der Waals surface area contributed by atoms with Gasteiger partial charge in [0.25, 0.3) is 11.5 Å². The van der Waals surface area contributed by atoms with Gasteiger partial charge in [-0.05, 0) is 44.0 Å². The van der Waals surface area contributed by atoms with Crippen LogP contribution in [-0.4, -0.2) is 59.9 Å². The number of likely N-dealkylation sites (tertiary alicyclic amines) is 1. The number of nitrogens with one attached hydrogen (secondary N) is 2. The van der Waals surface area contributed by atoms with Crippen molar-refractivity contribution in [2.45, 2.75) is 25.3 Å². The summed E-state index contributed by atoms with van der Waals surface area (Å²) in [4.78, 5) is 34.3. The molecule has 176 valence electrons. The zero-order valence-corrected chi connectivity index (χ0v) is 19.5. The summed E-state index contributed by atoms with van der Waals surface area (Å²) in [5, 5.41) is 28.5. The Balaban J connectivity index is 1.31. The number of pyridine rings is 1. The van der Waals surface area contributed by atoms with Gasteiger partial charge in [0.1, 0.15) is 16.6 Å². The number of H-pyrrole nitrogens is 1. The number of aromatic amines is 1. The van der Waals surface area contributed by atoms with Crippen LogP contribution in [0.4, 0.5) is 0 Å². The Kier molecular flexibility index (Phi) is 7.25. The monoisotopic (exact) mass is 479 g/mol. The largest absolute Gasteiger partial charge is 0.506 e. The minimum absolute atomic E-state index is 0.144. The lowest BCUT2D eigenvalue weighted by molar-refractivity contribution is -0.125. The first kappa shape index (κ1) is 23.5. The highest BCUT2D eigenvalue weighted by Gasteiger charge is 2.20. The van der Waals surface area contributed by atoms with Gasteiger partial charge < -0.3 is 25.1 Å². The summed E-state index contributed by atoms with van der Waals surface area (Å²) < 4.78 is 0. The number of amides is 1. The molecule has 3 aromatic rings. The lowest BCUT2D eigenvalue weighted by atomic mass is 10.0. The van der Waals surface area contributed by atoms with E-state index in [9.17, 15) is 14.7 Å². The first-order chi connectivity index (χ1) is 16.5. The molecule has 0 spiro atoms. The highest BCUT2D eigenvalue weighted by molar-refractivity contribution is 7.17. The molecule has 10 heteroatoms. The van der Waals surface area contributed by atoms with Crippen molar-refractivity contribution in [2.24, 2.45) is 5.16 Å². The van der Waals surface area contributed by atoms with Crippen molar-refractivity contribution in [3.05, 3.63) is 51.1 Å². The number of benzene rings is 1. The van der Waals surface area contributed by atoms with Gasteiger partial charge in [0.05, 0.1) is 11.6 Å². The Labute approximate surface area is 200 Å². The Hall–Kier alpha value is -3.68. The van der Waals surface area contributed by atoms with Gasteiger partial charge in [0, 0.05) is 23.5 Å². The molecule has 1 aromatic carbocycles. The van der Waals surface area contributed by atoms with Gasteiger partial charge in [-0.3, -0.25) is 9.59 Å². The maximum absolute atomic E-state index is 11.9. The van der Waals surface area contributed by atoms with Crippen LogP contribution in [0.3, 0.4) is 0 Å². The fourth-order valence-electron chi connectivity index (χ4n) is 4.12. The molecule has 9 nitrogen and oxygen atoms in total. The van der Waals surface area contributed by atoms with E-state index in [1.54, 1.807) is 6.07 Å². The van der Waals surface area contributed by atoms with E-state index in [1.165, 1.54) is 30.4 Å². The number of hydrogen-bond acceptors (Lipinski definition) is 8. The molecule has 0 saturated carbocycles. The average Bonchev–Trinajstić information content (AvgIpc) is 3.43. The molecule has 1 aliphatic heterocycles. The number of hydrogen-bond donors (Lipinski definition) is 3. The maximum Gasteiger partial charge on any atom is 0.270 e. The number of aromatic hydroxyl groups is 1. The minimum atomic E-state index is -0.609. The average molecular weight is 480 g/mol. The SMILES string of the molecule is CN1CCCC1CCNC(=O)CO/N=C/c1ccc(-c2csc3[nH]c(=O)c(C#N)c(O)c23)cc1. The third-order valence-electron chi connectivity index (χ3n) is 6.00. The van der Waals surface area contributed by atoms with E-state index >= 15 is 0 Å². The Morgan fingerprint density at radius 2 is 2.24 bits per heavy atom. The van der Waals surface area contributed by atoms with Crippen molar-refractivity contribution >= 4 is 33.7 Å². The summed E-state index contributed by atoms with van der Waals surface area (Å²) in [5.74, 6) is -0.517. The molecular weight excluding hydrogens is 454 g/mol. The minimum Gasteiger partial charge on any atom is -0.506 e. The molecule has 1 amide bonds. The molecule has 2 aromatic heterocycles. The second-order valence-electron chi connectivity index (χ2n) is 8.19. The molecule has 1 fully saturated rings. The topological polar surface area (TPSA) is 131 Å². The van der Waals surface area contributed by atoms with Crippen LogP contribution < -0.4 is 10.9 Å². The number of nitriles is 1. The van der Waals surface area contributed by atoms with E-state index in [4.69, 9.17) is 10.1 Å². The van der Waals surface area contributed by atoms with Gasteiger partial charge in [0.15, 0.2) is 12.2 Å². The van der Waals surface area contributed by atoms with E-state index < -0.39 is 5.56 Å². The van der Waals surface area contributed by atoms with Crippen molar-refractivity contribution in [3.8, 4) is 22.9 Å². The number of carbonyl (C=O) groups is 1. The third-order valence-corrected chi connectivity index (χ3v) is 6.89. The molecule has 34 heavy (non-hydrogen) atoms. The van der Waals surface area contributed by atoms with Gasteiger partial charge in [-0.1, -0.05) is 29.4 Å². The smallest absolute Gasteiger partial charge is 0.270 e. The van der Waals surface area contributed by atoms with E-state index in [1.807, 2.05) is 29.6 Å². The predicted octanol–water partition coefficient (Wildman–Crippen LogP) is 2.78. The lowest BCUT2D eigenvalue weighted by Gasteiger charge is -2.19. The standard InChI is InChI=1S/C24H25N5O4S/c1-29-10-2-3-17(29)8-9-26-20(30)13-33-27-12-15-4-6-16(7-5-15)19-14-34-24-21(19)22(31)18(11-25)23(32)28-24/h4-7,12,14,17H,2-3,8-10,13H2,1H3,(H,26,30)(H2,28,31,32)/b27-12+.